The monoisotopic (exact) mass is 576 g/mol. The van der Waals surface area contributed by atoms with E-state index in [1.807, 2.05) is 24.3 Å². The van der Waals surface area contributed by atoms with Crippen LogP contribution >= 0.6 is 0 Å². The number of halogens is 2. The lowest BCUT2D eigenvalue weighted by Crippen LogP contribution is -2.55. The molecular weight excluding hydrogens is 546 g/mol. The van der Waals surface area contributed by atoms with Crippen LogP contribution in [0.3, 0.4) is 0 Å². The highest BCUT2D eigenvalue weighted by Gasteiger charge is 2.48. The van der Waals surface area contributed by atoms with Gasteiger partial charge >= 0.3 is 0 Å². The van der Waals surface area contributed by atoms with E-state index in [-0.39, 0.29) is 22.7 Å². The number of hydrogen-bond acceptors (Lipinski definition) is 4. The number of nitrogens with zero attached hydrogens (tertiary/aromatic N) is 2. The van der Waals surface area contributed by atoms with E-state index in [9.17, 15) is 27.1 Å². The van der Waals surface area contributed by atoms with Crippen LogP contribution in [-0.2, 0) is 14.8 Å². The van der Waals surface area contributed by atoms with Crippen LogP contribution in [0, 0.1) is 17.6 Å². The maximum absolute atomic E-state index is 13.6. The van der Waals surface area contributed by atoms with Crippen LogP contribution in [-0.4, -0.2) is 37.8 Å². The molecule has 1 fully saturated rings. The van der Waals surface area contributed by atoms with E-state index in [2.05, 4.69) is 0 Å². The minimum absolute atomic E-state index is 0.116. The zero-order valence-corrected chi connectivity index (χ0v) is 23.4. The standard InChI is InChI=1S/C32H30F2N2O4S/c1-35(2)41(39,40)28-17-9-22(10-18-28)21-3-5-24(6-4-21)31-29(19-20-30(37)23-7-11-25(33)12-8-23)32(38)36(31)27-15-13-26(34)14-16-27/h3-18,29-31,37H,19-20H2,1-2H3/t29-,30+,31-/m1/s1. The number of anilines is 1. The van der Waals surface area contributed by atoms with E-state index in [4.69, 9.17) is 0 Å². The molecule has 0 bridgehead atoms. The lowest BCUT2D eigenvalue weighted by atomic mass is 9.78. The molecule has 4 aromatic carbocycles. The number of benzene rings is 4. The lowest BCUT2D eigenvalue weighted by Gasteiger charge is -2.48. The first-order valence-electron chi connectivity index (χ1n) is 13.2. The third kappa shape index (κ3) is 5.79. The maximum atomic E-state index is 13.6. The summed E-state index contributed by atoms with van der Waals surface area (Å²) < 4.78 is 52.9. The fourth-order valence-electron chi connectivity index (χ4n) is 5.19. The molecule has 4 aromatic rings. The Morgan fingerprint density at radius 2 is 1.32 bits per heavy atom. The number of β-lactam (4-membered cyclic amide) rings is 1. The molecule has 1 heterocycles. The maximum Gasteiger partial charge on any atom is 0.242 e. The van der Waals surface area contributed by atoms with Crippen molar-refractivity contribution in [3.8, 4) is 11.1 Å². The number of aliphatic hydroxyl groups excluding tert-OH is 1. The summed E-state index contributed by atoms with van der Waals surface area (Å²) in [5.41, 5.74) is 3.77. The molecule has 9 heteroatoms. The van der Waals surface area contributed by atoms with E-state index in [1.165, 1.54) is 54.8 Å². The molecule has 1 aliphatic rings. The van der Waals surface area contributed by atoms with Gasteiger partial charge in [-0.05, 0) is 83.6 Å². The number of hydrogen-bond donors (Lipinski definition) is 1. The number of sulfonamides is 1. The molecule has 0 spiro atoms. The molecule has 5 rings (SSSR count). The van der Waals surface area contributed by atoms with Gasteiger partial charge in [-0.1, -0.05) is 48.5 Å². The number of aliphatic hydroxyl groups is 1. The van der Waals surface area contributed by atoms with E-state index in [0.717, 1.165) is 16.7 Å². The summed E-state index contributed by atoms with van der Waals surface area (Å²) in [5.74, 6) is -1.31. The molecule has 1 amide bonds. The summed E-state index contributed by atoms with van der Waals surface area (Å²) >= 11 is 0. The van der Waals surface area contributed by atoms with Gasteiger partial charge in [0.1, 0.15) is 11.6 Å². The van der Waals surface area contributed by atoms with Crippen LogP contribution in [0.1, 0.15) is 36.1 Å². The molecule has 6 nitrogen and oxygen atoms in total. The van der Waals surface area contributed by atoms with Crippen molar-refractivity contribution in [2.24, 2.45) is 5.92 Å². The van der Waals surface area contributed by atoms with Crippen molar-refractivity contribution < 1.29 is 27.1 Å². The first kappa shape index (κ1) is 28.6. The second-order valence-corrected chi connectivity index (χ2v) is 12.5. The van der Waals surface area contributed by atoms with Gasteiger partial charge < -0.3 is 10.0 Å². The molecule has 1 N–H and O–H groups in total. The topological polar surface area (TPSA) is 77.9 Å². The number of carbonyl (C=O) groups excluding carboxylic acids is 1. The smallest absolute Gasteiger partial charge is 0.242 e. The van der Waals surface area contributed by atoms with Gasteiger partial charge in [-0.3, -0.25) is 4.79 Å². The molecule has 0 saturated carbocycles. The van der Waals surface area contributed by atoms with Gasteiger partial charge in [-0.15, -0.1) is 0 Å². The van der Waals surface area contributed by atoms with E-state index >= 15 is 0 Å². The lowest BCUT2D eigenvalue weighted by molar-refractivity contribution is -0.131. The molecular formula is C32H30F2N2O4S. The summed E-state index contributed by atoms with van der Waals surface area (Å²) in [4.78, 5) is 15.2. The molecule has 0 radical (unpaired) electrons. The third-order valence-corrected chi connectivity index (χ3v) is 9.37. The highest BCUT2D eigenvalue weighted by Crippen LogP contribution is 2.46. The Morgan fingerprint density at radius 1 is 0.805 bits per heavy atom. The van der Waals surface area contributed by atoms with Gasteiger partial charge in [-0.25, -0.2) is 21.5 Å². The van der Waals surface area contributed by atoms with Crippen LogP contribution in [0.25, 0.3) is 11.1 Å². The summed E-state index contributed by atoms with van der Waals surface area (Å²) in [7, 11) is -0.559. The molecule has 0 aliphatic carbocycles. The Balaban J connectivity index is 1.38. The van der Waals surface area contributed by atoms with Gasteiger partial charge in [0.15, 0.2) is 0 Å². The minimum Gasteiger partial charge on any atom is -0.388 e. The van der Waals surface area contributed by atoms with Crippen molar-refractivity contribution in [1.29, 1.82) is 0 Å². The summed E-state index contributed by atoms with van der Waals surface area (Å²) in [6.07, 6.45) is -0.120. The first-order chi connectivity index (χ1) is 19.6. The quantitative estimate of drug-likeness (QED) is 0.244. The summed E-state index contributed by atoms with van der Waals surface area (Å²) in [6, 6.07) is 25.4. The van der Waals surface area contributed by atoms with Crippen LogP contribution in [0.4, 0.5) is 14.5 Å². The SMILES string of the molecule is CN(C)S(=O)(=O)c1ccc(-c2ccc([C@@H]3[C@@H](CC[C@H](O)c4ccc(F)cc4)C(=O)N3c3ccc(F)cc3)cc2)cc1. The Kier molecular flexibility index (Phi) is 8.04. The van der Waals surface area contributed by atoms with Gasteiger partial charge in [0.05, 0.1) is 23.0 Å². The molecule has 3 atom stereocenters. The van der Waals surface area contributed by atoms with E-state index in [0.29, 0.717) is 24.1 Å². The Bertz CT molecular complexity index is 1620. The van der Waals surface area contributed by atoms with Gasteiger partial charge in [-0.2, -0.15) is 0 Å². The van der Waals surface area contributed by atoms with Crippen LogP contribution in [0.15, 0.2) is 102 Å². The highest BCUT2D eigenvalue weighted by molar-refractivity contribution is 7.89. The zero-order valence-electron chi connectivity index (χ0n) is 22.6. The van der Waals surface area contributed by atoms with Crippen molar-refractivity contribution in [3.05, 3.63) is 120 Å². The van der Waals surface area contributed by atoms with E-state index < -0.39 is 27.9 Å². The number of amides is 1. The van der Waals surface area contributed by atoms with Crippen molar-refractivity contribution in [1.82, 2.24) is 4.31 Å². The van der Waals surface area contributed by atoms with Crippen LogP contribution < -0.4 is 4.90 Å². The highest BCUT2D eigenvalue weighted by atomic mass is 32.2. The Morgan fingerprint density at radius 3 is 1.85 bits per heavy atom. The average molecular weight is 577 g/mol. The molecule has 41 heavy (non-hydrogen) atoms. The van der Waals surface area contributed by atoms with Gasteiger partial charge in [0, 0.05) is 19.8 Å². The number of carbonyl (C=O) groups is 1. The second-order valence-electron chi connectivity index (χ2n) is 10.3. The van der Waals surface area contributed by atoms with Crippen molar-refractivity contribution in [2.75, 3.05) is 19.0 Å². The second kappa shape index (κ2) is 11.5. The van der Waals surface area contributed by atoms with Crippen LogP contribution in [0.2, 0.25) is 0 Å². The average Bonchev–Trinajstić information content (AvgIpc) is 2.97. The van der Waals surface area contributed by atoms with Gasteiger partial charge in [0.2, 0.25) is 15.9 Å². The molecule has 0 aromatic heterocycles. The van der Waals surface area contributed by atoms with Crippen molar-refractivity contribution in [3.63, 3.8) is 0 Å². The molecule has 212 valence electrons. The fourth-order valence-corrected chi connectivity index (χ4v) is 6.09. The summed E-state index contributed by atoms with van der Waals surface area (Å²) in [6.45, 7) is 0. The third-order valence-electron chi connectivity index (χ3n) is 7.54. The van der Waals surface area contributed by atoms with E-state index in [1.54, 1.807) is 41.3 Å². The van der Waals surface area contributed by atoms with Gasteiger partial charge in [0.25, 0.3) is 0 Å². The molecule has 0 unspecified atom stereocenters. The normalized spacial score (nSPS) is 17.9. The molecule has 1 saturated heterocycles. The Labute approximate surface area is 238 Å². The van der Waals surface area contributed by atoms with Crippen molar-refractivity contribution in [2.45, 2.75) is 29.9 Å². The summed E-state index contributed by atoms with van der Waals surface area (Å²) in [5, 5.41) is 10.7. The number of rotatable bonds is 9. The predicted octanol–water partition coefficient (Wildman–Crippen LogP) is 6.10. The largest absolute Gasteiger partial charge is 0.388 e. The minimum atomic E-state index is -3.53. The predicted molar refractivity (Wildman–Crippen MR) is 153 cm³/mol. The molecule has 1 aliphatic heterocycles. The fraction of sp³-hybridized carbons (Fsp3) is 0.219. The Hall–Kier alpha value is -3.92. The van der Waals surface area contributed by atoms with Crippen LogP contribution in [0.5, 0.6) is 0 Å². The zero-order chi connectivity index (χ0) is 29.3. The van der Waals surface area contributed by atoms with Crippen molar-refractivity contribution >= 4 is 21.6 Å². The first-order valence-corrected chi connectivity index (χ1v) is 14.7.